The molecular weight excluding hydrogens is 316 g/mol. The summed E-state index contributed by atoms with van der Waals surface area (Å²) in [6.07, 6.45) is 6.91. The third kappa shape index (κ3) is 3.59. The Morgan fingerprint density at radius 3 is 2.87 bits per heavy atom. The van der Waals surface area contributed by atoms with Crippen LogP contribution in [0.5, 0.6) is 0 Å². The fraction of sp³-hybridized carbons (Fsp3) is 0.143. The van der Waals surface area contributed by atoms with Crippen LogP contribution in [0.15, 0.2) is 48.0 Å². The van der Waals surface area contributed by atoms with Crippen molar-refractivity contribution in [2.75, 3.05) is 0 Å². The smallest absolute Gasteiger partial charge is 0.207 e. The molecule has 0 aromatic carbocycles. The number of nitriles is 1. The van der Waals surface area contributed by atoms with Crippen LogP contribution in [0.4, 0.5) is 0 Å². The molecule has 9 heteroatoms. The van der Waals surface area contributed by atoms with E-state index in [1.807, 2.05) is 35.2 Å². The van der Waals surface area contributed by atoms with Crippen molar-refractivity contribution >= 4 is 11.6 Å². The van der Waals surface area contributed by atoms with Crippen LogP contribution >= 0.6 is 11.6 Å². The summed E-state index contributed by atoms with van der Waals surface area (Å²) in [5, 5.41) is 20.5. The lowest BCUT2D eigenvalue weighted by Gasteiger charge is -2.10. The van der Waals surface area contributed by atoms with Gasteiger partial charge in [-0.3, -0.25) is 0 Å². The first kappa shape index (κ1) is 14.9. The van der Waals surface area contributed by atoms with Gasteiger partial charge >= 0.3 is 0 Å². The van der Waals surface area contributed by atoms with Crippen molar-refractivity contribution in [3.63, 3.8) is 0 Å². The Morgan fingerprint density at radius 2 is 2.17 bits per heavy atom. The molecule has 8 nitrogen and oxygen atoms in total. The average Bonchev–Trinajstić information content (AvgIpc) is 3.06. The van der Waals surface area contributed by atoms with Gasteiger partial charge in [-0.25, -0.2) is 9.67 Å². The number of aromatic nitrogens is 6. The fourth-order valence-electron chi connectivity index (χ4n) is 2.15. The maximum absolute atomic E-state index is 8.99. The van der Waals surface area contributed by atoms with Crippen LogP contribution in [0, 0.1) is 11.5 Å². The summed E-state index contributed by atoms with van der Waals surface area (Å²) in [6, 6.07) is 7.38. The van der Waals surface area contributed by atoms with Crippen LogP contribution in [0.1, 0.15) is 11.1 Å². The quantitative estimate of drug-likeness (QED) is 0.526. The zero-order valence-corrected chi connectivity index (χ0v) is 12.7. The second-order valence-corrected chi connectivity index (χ2v) is 5.08. The Balaban J connectivity index is 1.98. The summed E-state index contributed by atoms with van der Waals surface area (Å²) in [4.78, 5) is 8.00. The first-order valence-corrected chi connectivity index (χ1v) is 7.06. The maximum Gasteiger partial charge on any atom is 0.207 e. The molecule has 3 rings (SSSR count). The summed E-state index contributed by atoms with van der Waals surface area (Å²) in [5.41, 5.74) is 2.34. The highest BCUT2D eigenvalue weighted by molar-refractivity contribution is 6.29. The minimum Gasteiger partial charge on any atom is -0.328 e. The Labute approximate surface area is 136 Å². The van der Waals surface area contributed by atoms with Gasteiger partial charge in [-0.05, 0) is 28.1 Å². The summed E-state index contributed by atoms with van der Waals surface area (Å²) in [5.74, 6) is 0. The molecule has 0 N–H and O–H groups in total. The summed E-state index contributed by atoms with van der Waals surface area (Å²) >= 11 is 5.80. The van der Waals surface area contributed by atoms with Crippen molar-refractivity contribution in [3.05, 3.63) is 64.8 Å². The van der Waals surface area contributed by atoms with E-state index in [4.69, 9.17) is 16.9 Å². The molecule has 0 aliphatic heterocycles. The van der Waals surface area contributed by atoms with Gasteiger partial charge in [0.1, 0.15) is 11.5 Å². The first-order valence-electron chi connectivity index (χ1n) is 6.68. The van der Waals surface area contributed by atoms with Crippen LogP contribution in [0.2, 0.25) is 5.15 Å². The molecule has 0 atom stereocenters. The Morgan fingerprint density at radius 1 is 1.26 bits per heavy atom. The number of rotatable bonds is 4. The van der Waals surface area contributed by atoms with Gasteiger partial charge < -0.3 is 4.57 Å². The third-order valence-corrected chi connectivity index (χ3v) is 3.37. The van der Waals surface area contributed by atoms with Crippen molar-refractivity contribution in [2.24, 2.45) is 4.99 Å². The topological polar surface area (TPSA) is 97.6 Å². The molecule has 0 aliphatic rings. The number of tetrazole rings is 1. The van der Waals surface area contributed by atoms with Gasteiger partial charge in [0.15, 0.2) is 5.49 Å². The number of hydrogen-bond acceptors (Lipinski definition) is 6. The monoisotopic (exact) mass is 326 g/mol. The minimum absolute atomic E-state index is 0.424. The van der Waals surface area contributed by atoms with E-state index in [1.54, 1.807) is 16.9 Å². The molecule has 0 bridgehead atoms. The van der Waals surface area contributed by atoms with Crippen molar-refractivity contribution in [3.8, 4) is 6.19 Å². The average molecular weight is 327 g/mol. The number of pyridine rings is 2. The predicted octanol–water partition coefficient (Wildman–Crippen LogP) is 1.00. The Bertz CT molecular complexity index is 890. The zero-order chi connectivity index (χ0) is 16.1. The molecule has 3 heterocycles. The molecule has 0 saturated carbocycles. The molecule has 23 heavy (non-hydrogen) atoms. The van der Waals surface area contributed by atoms with Crippen LogP contribution in [-0.2, 0) is 13.1 Å². The third-order valence-electron chi connectivity index (χ3n) is 3.14. The van der Waals surface area contributed by atoms with Gasteiger partial charge in [0.2, 0.25) is 6.19 Å². The van der Waals surface area contributed by atoms with E-state index in [-0.39, 0.29) is 0 Å². The lowest BCUT2D eigenvalue weighted by molar-refractivity contribution is 0.628. The molecule has 0 aliphatic carbocycles. The molecule has 0 amide bonds. The van der Waals surface area contributed by atoms with Crippen molar-refractivity contribution < 1.29 is 0 Å². The van der Waals surface area contributed by atoms with E-state index >= 15 is 0 Å². The second-order valence-electron chi connectivity index (χ2n) is 4.69. The molecule has 0 fully saturated rings. The fourth-order valence-corrected chi connectivity index (χ4v) is 2.26. The molecule has 114 valence electrons. The SMILES string of the molecule is N#C/N=c1/c(Cn2cnnn2)cccn1Cc1ccc(Cl)nc1. The molecule has 0 radical (unpaired) electrons. The summed E-state index contributed by atoms with van der Waals surface area (Å²) in [7, 11) is 0. The van der Waals surface area contributed by atoms with E-state index in [9.17, 15) is 0 Å². The van der Waals surface area contributed by atoms with Gasteiger partial charge in [0.25, 0.3) is 0 Å². The van der Waals surface area contributed by atoms with Crippen LogP contribution in [0.3, 0.4) is 0 Å². The normalized spacial score (nSPS) is 11.4. The Kier molecular flexibility index (Phi) is 4.40. The van der Waals surface area contributed by atoms with Crippen LogP contribution in [0.25, 0.3) is 0 Å². The van der Waals surface area contributed by atoms with Gasteiger partial charge in [-0.15, -0.1) is 5.10 Å². The van der Waals surface area contributed by atoms with E-state index in [0.717, 1.165) is 11.1 Å². The Hall–Kier alpha value is -3.05. The van der Waals surface area contributed by atoms with E-state index in [1.165, 1.54) is 6.33 Å². The maximum atomic E-state index is 8.99. The highest BCUT2D eigenvalue weighted by atomic mass is 35.5. The van der Waals surface area contributed by atoms with E-state index in [0.29, 0.717) is 23.7 Å². The lowest BCUT2D eigenvalue weighted by Crippen LogP contribution is -2.26. The summed E-state index contributed by atoms with van der Waals surface area (Å²) in [6.45, 7) is 0.946. The number of hydrogen-bond donors (Lipinski definition) is 0. The zero-order valence-electron chi connectivity index (χ0n) is 11.9. The highest BCUT2D eigenvalue weighted by Crippen LogP contribution is 2.06. The molecular formula is C14H11ClN8. The lowest BCUT2D eigenvalue weighted by atomic mass is 10.2. The largest absolute Gasteiger partial charge is 0.328 e. The molecule has 0 spiro atoms. The van der Waals surface area contributed by atoms with Crippen molar-refractivity contribution in [1.29, 1.82) is 5.26 Å². The molecule has 0 saturated heterocycles. The number of halogens is 1. The molecule has 0 unspecified atom stereocenters. The van der Waals surface area contributed by atoms with Gasteiger partial charge in [0.05, 0.1) is 13.1 Å². The van der Waals surface area contributed by atoms with Crippen molar-refractivity contribution in [1.82, 2.24) is 29.8 Å². The predicted molar refractivity (Wildman–Crippen MR) is 80.9 cm³/mol. The van der Waals surface area contributed by atoms with Crippen molar-refractivity contribution in [2.45, 2.75) is 13.1 Å². The second kappa shape index (κ2) is 6.81. The molecule has 3 aromatic rings. The van der Waals surface area contributed by atoms with Crippen LogP contribution in [-0.4, -0.2) is 29.8 Å². The first-order chi connectivity index (χ1) is 11.3. The number of nitrogens with zero attached hydrogens (tertiary/aromatic N) is 8. The molecule has 3 aromatic heterocycles. The van der Waals surface area contributed by atoms with E-state index in [2.05, 4.69) is 25.5 Å². The van der Waals surface area contributed by atoms with Gasteiger partial charge in [-0.1, -0.05) is 23.7 Å². The van der Waals surface area contributed by atoms with Gasteiger partial charge in [-0.2, -0.15) is 10.3 Å². The van der Waals surface area contributed by atoms with E-state index < -0.39 is 0 Å². The van der Waals surface area contributed by atoms with Crippen LogP contribution < -0.4 is 5.49 Å². The standard InChI is InChI=1S/C14H11ClN8/c15-13-4-3-11(6-17-13)7-22-5-1-2-12(14(22)18-9-16)8-23-10-19-20-21-23/h1-6,10H,7-8H2/b18-14-. The van der Waals surface area contributed by atoms with Gasteiger partial charge in [0, 0.05) is 18.0 Å². The highest BCUT2D eigenvalue weighted by Gasteiger charge is 2.05. The summed E-state index contributed by atoms with van der Waals surface area (Å²) < 4.78 is 3.44. The minimum atomic E-state index is 0.424.